The lowest BCUT2D eigenvalue weighted by Gasteiger charge is -2.63. The number of benzene rings is 1. The van der Waals surface area contributed by atoms with Crippen molar-refractivity contribution >= 4 is 17.4 Å². The van der Waals surface area contributed by atoms with Gasteiger partial charge in [0.2, 0.25) is 0 Å². The summed E-state index contributed by atoms with van der Waals surface area (Å²) in [6, 6.07) is 0.948. The third kappa shape index (κ3) is 1.59. The molecule has 0 unspecified atom stereocenters. The Labute approximate surface area is 155 Å². The van der Waals surface area contributed by atoms with Crippen LogP contribution in [-0.4, -0.2) is 56.8 Å². The average Bonchev–Trinajstić information content (AvgIpc) is 2.95. The van der Waals surface area contributed by atoms with Gasteiger partial charge >= 0.3 is 0 Å². The van der Waals surface area contributed by atoms with E-state index in [1.165, 1.54) is 6.07 Å². The standard InChI is InChI=1S/C19H20ClNO5/c1-2-6-21-7-5-18-12-9-8-10(20)14(24)15(12)26-17(18)11(22)3-4-19(18,25)16(21)13(9)23/h2,8,13,16-17,23-25H,1,3-7H2/t13-,16+,17-,18-,19+/m0/s1. The van der Waals surface area contributed by atoms with E-state index in [0.29, 0.717) is 30.6 Å². The van der Waals surface area contributed by atoms with Crippen LogP contribution in [0.15, 0.2) is 18.7 Å². The molecule has 1 aromatic carbocycles. The molecule has 1 aromatic rings. The lowest BCUT2D eigenvalue weighted by Crippen LogP contribution is -2.77. The highest BCUT2D eigenvalue weighted by Gasteiger charge is 2.74. The lowest BCUT2D eigenvalue weighted by atomic mass is 9.48. The van der Waals surface area contributed by atoms with Gasteiger partial charge in [0.1, 0.15) is 0 Å². The van der Waals surface area contributed by atoms with Gasteiger partial charge in [-0.25, -0.2) is 0 Å². The number of likely N-dealkylation sites (tertiary alicyclic amines) is 1. The van der Waals surface area contributed by atoms with Gasteiger partial charge in [0.05, 0.1) is 28.2 Å². The molecule has 5 rings (SSSR count). The van der Waals surface area contributed by atoms with Crippen molar-refractivity contribution in [1.82, 2.24) is 4.90 Å². The molecular formula is C19H20ClNO5. The number of halogens is 1. The summed E-state index contributed by atoms with van der Waals surface area (Å²) in [5, 5.41) is 33.6. The molecule has 1 spiro atoms. The fourth-order valence-electron chi connectivity index (χ4n) is 5.89. The van der Waals surface area contributed by atoms with Crippen LogP contribution in [0.3, 0.4) is 0 Å². The Kier molecular flexibility index (Phi) is 3.19. The fraction of sp³-hybridized carbons (Fsp3) is 0.526. The van der Waals surface area contributed by atoms with Gasteiger partial charge in [-0.1, -0.05) is 17.7 Å². The summed E-state index contributed by atoms with van der Waals surface area (Å²) in [5.41, 5.74) is -1.20. The molecule has 26 heavy (non-hydrogen) atoms. The molecule has 2 bridgehead atoms. The number of ketones is 1. The van der Waals surface area contributed by atoms with Gasteiger partial charge in [0.25, 0.3) is 0 Å². The Morgan fingerprint density at radius 3 is 2.96 bits per heavy atom. The SMILES string of the molecule is C=CCN1CC[C@]23c4c5cc(Cl)c(O)c4O[C@H]2C(=O)CC[C@@]3(O)[C@H]1[C@H]5O. The molecule has 0 amide bonds. The van der Waals surface area contributed by atoms with Crippen molar-refractivity contribution in [2.45, 2.75) is 48.5 Å². The molecule has 2 fully saturated rings. The maximum atomic E-state index is 12.7. The number of carbonyl (C=O) groups is 1. The first-order valence-electron chi connectivity index (χ1n) is 8.87. The van der Waals surface area contributed by atoms with E-state index in [9.17, 15) is 20.1 Å². The van der Waals surface area contributed by atoms with E-state index in [1.807, 2.05) is 4.90 Å². The van der Waals surface area contributed by atoms with Crippen molar-refractivity contribution in [3.63, 3.8) is 0 Å². The number of aromatic hydroxyl groups is 1. The zero-order chi connectivity index (χ0) is 18.4. The van der Waals surface area contributed by atoms with E-state index in [2.05, 4.69) is 6.58 Å². The van der Waals surface area contributed by atoms with Crippen LogP contribution in [0.4, 0.5) is 0 Å². The minimum Gasteiger partial charge on any atom is -0.503 e. The third-order valence-corrected chi connectivity index (χ3v) is 7.13. The van der Waals surface area contributed by atoms with Gasteiger partial charge in [-0.05, 0) is 24.5 Å². The quantitative estimate of drug-likeness (QED) is 0.676. The van der Waals surface area contributed by atoms with E-state index in [0.717, 1.165) is 0 Å². The summed E-state index contributed by atoms with van der Waals surface area (Å²) in [6.07, 6.45) is 0.805. The monoisotopic (exact) mass is 377 g/mol. The topological polar surface area (TPSA) is 90.2 Å². The van der Waals surface area contributed by atoms with Crippen LogP contribution >= 0.6 is 11.6 Å². The summed E-state index contributed by atoms with van der Waals surface area (Å²) in [5.74, 6) is -0.177. The number of ether oxygens (including phenoxy) is 1. The predicted molar refractivity (Wildman–Crippen MR) is 93.5 cm³/mol. The highest BCUT2D eigenvalue weighted by atomic mass is 35.5. The molecule has 3 N–H and O–H groups in total. The number of carbonyl (C=O) groups excluding carboxylic acids is 1. The van der Waals surface area contributed by atoms with Gasteiger partial charge in [0, 0.05) is 25.1 Å². The van der Waals surface area contributed by atoms with Gasteiger partial charge < -0.3 is 20.1 Å². The summed E-state index contributed by atoms with van der Waals surface area (Å²) in [6.45, 7) is 4.89. The maximum Gasteiger partial charge on any atom is 0.177 e. The molecule has 2 aliphatic carbocycles. The summed E-state index contributed by atoms with van der Waals surface area (Å²) < 4.78 is 5.92. The molecular weight excluding hydrogens is 358 g/mol. The van der Waals surface area contributed by atoms with Crippen molar-refractivity contribution in [2.24, 2.45) is 0 Å². The minimum absolute atomic E-state index is 0.0686. The second-order valence-corrected chi connectivity index (χ2v) is 8.19. The highest BCUT2D eigenvalue weighted by molar-refractivity contribution is 6.32. The molecule has 0 radical (unpaired) electrons. The Morgan fingerprint density at radius 1 is 1.46 bits per heavy atom. The van der Waals surface area contributed by atoms with E-state index < -0.39 is 29.3 Å². The van der Waals surface area contributed by atoms with Crippen molar-refractivity contribution in [3.05, 3.63) is 34.9 Å². The molecule has 138 valence electrons. The number of nitrogens with zero attached hydrogens (tertiary/aromatic N) is 1. The van der Waals surface area contributed by atoms with Crippen molar-refractivity contribution in [1.29, 1.82) is 0 Å². The average molecular weight is 378 g/mol. The molecule has 4 aliphatic rings. The van der Waals surface area contributed by atoms with Crippen LogP contribution in [-0.2, 0) is 10.2 Å². The zero-order valence-corrected chi connectivity index (χ0v) is 14.9. The summed E-state index contributed by atoms with van der Waals surface area (Å²) in [7, 11) is 0. The number of phenols is 1. The first-order valence-corrected chi connectivity index (χ1v) is 9.25. The Balaban J connectivity index is 1.85. The zero-order valence-electron chi connectivity index (χ0n) is 14.1. The van der Waals surface area contributed by atoms with Crippen molar-refractivity contribution in [3.8, 4) is 11.5 Å². The smallest absolute Gasteiger partial charge is 0.177 e. The van der Waals surface area contributed by atoms with Gasteiger partial charge in [0.15, 0.2) is 23.4 Å². The number of hydrogen-bond donors (Lipinski definition) is 3. The molecule has 2 aliphatic heterocycles. The molecule has 7 heteroatoms. The first-order chi connectivity index (χ1) is 12.4. The van der Waals surface area contributed by atoms with E-state index in [1.54, 1.807) is 6.08 Å². The number of Topliss-reactive ketones (excluding diaryl/α,β-unsaturated/α-hetero) is 1. The number of aliphatic hydroxyl groups excluding tert-OH is 1. The minimum atomic E-state index is -1.33. The largest absolute Gasteiger partial charge is 0.503 e. The molecule has 2 heterocycles. The normalized spacial score (nSPS) is 40.1. The van der Waals surface area contributed by atoms with Crippen molar-refractivity contribution in [2.75, 3.05) is 13.1 Å². The lowest BCUT2D eigenvalue weighted by molar-refractivity contribution is -0.209. The highest BCUT2D eigenvalue weighted by Crippen LogP contribution is 2.67. The van der Waals surface area contributed by atoms with Crippen LogP contribution in [0.2, 0.25) is 5.02 Å². The Morgan fingerprint density at radius 2 is 2.23 bits per heavy atom. The molecule has 1 saturated heterocycles. The predicted octanol–water partition coefficient (Wildman–Crippen LogP) is 1.45. The summed E-state index contributed by atoms with van der Waals surface area (Å²) in [4.78, 5) is 14.7. The van der Waals surface area contributed by atoms with E-state index in [4.69, 9.17) is 16.3 Å². The molecule has 1 saturated carbocycles. The Bertz CT molecular complexity index is 857. The maximum absolute atomic E-state index is 12.7. The molecule has 5 atom stereocenters. The number of rotatable bonds is 2. The van der Waals surface area contributed by atoms with Crippen LogP contribution in [0.1, 0.15) is 36.5 Å². The fourth-order valence-corrected chi connectivity index (χ4v) is 6.10. The van der Waals surface area contributed by atoms with E-state index in [-0.39, 0.29) is 35.1 Å². The van der Waals surface area contributed by atoms with Gasteiger partial charge in [-0.15, -0.1) is 6.58 Å². The summed E-state index contributed by atoms with van der Waals surface area (Å²) >= 11 is 6.16. The molecule has 6 nitrogen and oxygen atoms in total. The Hall–Kier alpha value is -1.60. The number of phenolic OH excluding ortho intramolecular Hbond substituents is 1. The van der Waals surface area contributed by atoms with Crippen LogP contribution in [0.25, 0.3) is 0 Å². The van der Waals surface area contributed by atoms with Crippen molar-refractivity contribution < 1.29 is 24.9 Å². The second kappa shape index (κ2) is 5.01. The second-order valence-electron chi connectivity index (χ2n) is 7.78. The number of hydrogen-bond acceptors (Lipinski definition) is 6. The van der Waals surface area contributed by atoms with Gasteiger partial charge in [-0.2, -0.15) is 0 Å². The number of aliphatic hydroxyl groups is 2. The number of piperidine rings is 1. The van der Waals surface area contributed by atoms with E-state index >= 15 is 0 Å². The van der Waals surface area contributed by atoms with Crippen LogP contribution < -0.4 is 4.74 Å². The molecule has 0 aromatic heterocycles. The first kappa shape index (κ1) is 16.6. The van der Waals surface area contributed by atoms with Gasteiger partial charge in [-0.3, -0.25) is 9.69 Å². The third-order valence-electron chi connectivity index (χ3n) is 6.84. The van der Waals surface area contributed by atoms with Crippen LogP contribution in [0, 0.1) is 0 Å². The van der Waals surface area contributed by atoms with Crippen LogP contribution in [0.5, 0.6) is 11.5 Å².